The Morgan fingerprint density at radius 2 is 1.65 bits per heavy atom. The highest BCUT2D eigenvalue weighted by Crippen LogP contribution is 2.09. The largest absolute Gasteiger partial charge is 0.289 e. The van der Waals surface area contributed by atoms with Crippen molar-refractivity contribution in [3.8, 4) is 12.1 Å². The minimum Gasteiger partial charge on any atom is -0.289 e. The van der Waals surface area contributed by atoms with Crippen molar-refractivity contribution in [3.63, 3.8) is 0 Å². The van der Waals surface area contributed by atoms with Gasteiger partial charge in [0.15, 0.2) is 5.78 Å². The van der Waals surface area contributed by atoms with Gasteiger partial charge in [-0.1, -0.05) is 30.3 Å². The molecule has 0 aliphatic carbocycles. The predicted octanol–water partition coefficient (Wildman–Crippen LogP) is 3.33. The molecule has 2 aromatic rings. The Labute approximate surface area is 117 Å². The van der Waals surface area contributed by atoms with Gasteiger partial charge in [-0.15, -0.1) is 0 Å². The number of rotatable bonds is 3. The molecule has 94 valence electrons. The third-order valence-corrected chi connectivity index (χ3v) is 2.74. The van der Waals surface area contributed by atoms with Gasteiger partial charge in [0.25, 0.3) is 0 Å². The van der Waals surface area contributed by atoms with Crippen LogP contribution in [0.15, 0.2) is 54.6 Å². The fourth-order valence-corrected chi connectivity index (χ4v) is 1.68. The van der Waals surface area contributed by atoms with Crippen LogP contribution in [0.25, 0.3) is 6.08 Å². The van der Waals surface area contributed by atoms with Crippen molar-refractivity contribution >= 4 is 11.9 Å². The molecule has 0 amide bonds. The first-order valence-corrected chi connectivity index (χ1v) is 5.95. The summed E-state index contributed by atoms with van der Waals surface area (Å²) in [7, 11) is 0. The summed E-state index contributed by atoms with van der Waals surface area (Å²) >= 11 is 0. The third kappa shape index (κ3) is 3.19. The number of nitriles is 2. The van der Waals surface area contributed by atoms with Crippen LogP contribution < -0.4 is 0 Å². The van der Waals surface area contributed by atoms with Crippen LogP contribution in [0, 0.1) is 22.7 Å². The minimum atomic E-state index is -0.161. The van der Waals surface area contributed by atoms with E-state index in [9.17, 15) is 4.79 Å². The second kappa shape index (κ2) is 6.13. The van der Waals surface area contributed by atoms with Gasteiger partial charge in [-0.3, -0.25) is 4.79 Å². The van der Waals surface area contributed by atoms with E-state index in [1.165, 1.54) is 6.08 Å². The first-order chi connectivity index (χ1) is 9.72. The summed E-state index contributed by atoms with van der Waals surface area (Å²) in [5, 5.41) is 17.5. The lowest BCUT2D eigenvalue weighted by Crippen LogP contribution is -1.94. The summed E-state index contributed by atoms with van der Waals surface area (Å²) in [6.45, 7) is 0. The minimum absolute atomic E-state index is 0.161. The summed E-state index contributed by atoms with van der Waals surface area (Å²) < 4.78 is 0. The predicted molar refractivity (Wildman–Crippen MR) is 75.7 cm³/mol. The van der Waals surface area contributed by atoms with Crippen LogP contribution in [0.4, 0.5) is 0 Å². The smallest absolute Gasteiger partial charge is 0.185 e. The molecule has 0 radical (unpaired) electrons. The molecule has 0 aliphatic heterocycles. The number of carbonyl (C=O) groups is 1. The Hall–Kier alpha value is -3.17. The molecule has 0 spiro atoms. The van der Waals surface area contributed by atoms with Gasteiger partial charge in [0.2, 0.25) is 0 Å². The van der Waals surface area contributed by atoms with E-state index in [-0.39, 0.29) is 5.78 Å². The molecule has 0 N–H and O–H groups in total. The summed E-state index contributed by atoms with van der Waals surface area (Å²) in [4.78, 5) is 12.0. The summed E-state index contributed by atoms with van der Waals surface area (Å²) in [6, 6.07) is 17.5. The Kier molecular flexibility index (Phi) is 4.07. The molecule has 0 heterocycles. The van der Waals surface area contributed by atoms with Crippen molar-refractivity contribution in [1.82, 2.24) is 0 Å². The quantitative estimate of drug-likeness (QED) is 0.626. The van der Waals surface area contributed by atoms with Crippen molar-refractivity contribution in [2.24, 2.45) is 0 Å². The topological polar surface area (TPSA) is 64.7 Å². The molecule has 0 aromatic heterocycles. The maximum absolute atomic E-state index is 12.0. The van der Waals surface area contributed by atoms with Gasteiger partial charge in [0.1, 0.15) is 0 Å². The second-order valence-corrected chi connectivity index (χ2v) is 4.12. The molecular weight excluding hydrogens is 248 g/mol. The van der Waals surface area contributed by atoms with Gasteiger partial charge >= 0.3 is 0 Å². The van der Waals surface area contributed by atoms with Crippen LogP contribution in [-0.2, 0) is 0 Å². The van der Waals surface area contributed by atoms with E-state index >= 15 is 0 Å². The number of hydrogen-bond acceptors (Lipinski definition) is 3. The average molecular weight is 258 g/mol. The van der Waals surface area contributed by atoms with Gasteiger partial charge in [0.05, 0.1) is 23.3 Å². The second-order valence-electron chi connectivity index (χ2n) is 4.12. The molecule has 3 nitrogen and oxygen atoms in total. The fraction of sp³-hybridized carbons (Fsp3) is 0. The zero-order valence-electron chi connectivity index (χ0n) is 10.6. The number of hydrogen-bond donors (Lipinski definition) is 0. The standard InChI is InChI=1S/C17H10N2O/c18-11-14-6-4-13(5-7-14)8-9-17(20)16-3-1-2-15(10-16)12-19/h1-10H. The molecule has 20 heavy (non-hydrogen) atoms. The Bertz CT molecular complexity index is 744. The number of nitrogens with zero attached hydrogens (tertiary/aromatic N) is 2. The van der Waals surface area contributed by atoms with Crippen molar-refractivity contribution in [1.29, 1.82) is 10.5 Å². The zero-order valence-corrected chi connectivity index (χ0v) is 10.6. The highest BCUT2D eigenvalue weighted by atomic mass is 16.1. The zero-order chi connectivity index (χ0) is 14.4. The molecule has 0 saturated heterocycles. The Morgan fingerprint density at radius 1 is 0.950 bits per heavy atom. The molecule has 0 saturated carbocycles. The van der Waals surface area contributed by atoms with Crippen LogP contribution in [-0.4, -0.2) is 5.78 Å². The van der Waals surface area contributed by atoms with Crippen LogP contribution in [0.1, 0.15) is 27.0 Å². The van der Waals surface area contributed by atoms with E-state index < -0.39 is 0 Å². The van der Waals surface area contributed by atoms with Gasteiger partial charge in [-0.2, -0.15) is 10.5 Å². The van der Waals surface area contributed by atoms with Crippen LogP contribution in [0.2, 0.25) is 0 Å². The third-order valence-electron chi connectivity index (χ3n) is 2.74. The van der Waals surface area contributed by atoms with Gasteiger partial charge in [-0.25, -0.2) is 0 Å². The van der Waals surface area contributed by atoms with Crippen molar-refractivity contribution in [3.05, 3.63) is 76.9 Å². The lowest BCUT2D eigenvalue weighted by Gasteiger charge is -1.97. The maximum Gasteiger partial charge on any atom is 0.185 e. The Balaban J connectivity index is 2.16. The van der Waals surface area contributed by atoms with Gasteiger partial charge in [0, 0.05) is 5.56 Å². The highest BCUT2D eigenvalue weighted by molar-refractivity contribution is 6.07. The van der Waals surface area contributed by atoms with Crippen LogP contribution >= 0.6 is 0 Å². The molecule has 2 aromatic carbocycles. The van der Waals surface area contributed by atoms with Crippen molar-refractivity contribution in [2.45, 2.75) is 0 Å². The van der Waals surface area contributed by atoms with E-state index in [0.29, 0.717) is 16.7 Å². The number of benzene rings is 2. The normalized spacial score (nSPS) is 9.90. The average Bonchev–Trinajstić information content (AvgIpc) is 2.53. The number of allylic oxidation sites excluding steroid dienone is 1. The SMILES string of the molecule is N#Cc1ccc(C=CC(=O)c2cccc(C#N)c2)cc1. The van der Waals surface area contributed by atoms with E-state index in [2.05, 4.69) is 0 Å². The highest BCUT2D eigenvalue weighted by Gasteiger charge is 2.02. The molecule has 0 unspecified atom stereocenters. The molecule has 0 fully saturated rings. The number of carbonyl (C=O) groups excluding carboxylic acids is 1. The van der Waals surface area contributed by atoms with Crippen LogP contribution in [0.5, 0.6) is 0 Å². The monoisotopic (exact) mass is 258 g/mol. The first kappa shape index (κ1) is 13.3. The van der Waals surface area contributed by atoms with Gasteiger partial charge < -0.3 is 0 Å². The molecule has 2 rings (SSSR count). The molecule has 3 heteroatoms. The summed E-state index contributed by atoms with van der Waals surface area (Å²) in [5.41, 5.74) is 2.36. The maximum atomic E-state index is 12.0. The van der Waals surface area contributed by atoms with Crippen LogP contribution in [0.3, 0.4) is 0 Å². The van der Waals surface area contributed by atoms with E-state index in [1.807, 2.05) is 12.1 Å². The first-order valence-electron chi connectivity index (χ1n) is 5.95. The van der Waals surface area contributed by atoms with E-state index in [0.717, 1.165) is 5.56 Å². The lowest BCUT2D eigenvalue weighted by molar-refractivity contribution is 0.104. The van der Waals surface area contributed by atoms with Gasteiger partial charge in [-0.05, 0) is 35.9 Å². The van der Waals surface area contributed by atoms with Crippen molar-refractivity contribution < 1.29 is 4.79 Å². The fourth-order valence-electron chi connectivity index (χ4n) is 1.68. The molecular formula is C17H10N2O. The number of ketones is 1. The molecule has 0 atom stereocenters. The summed E-state index contributed by atoms with van der Waals surface area (Å²) in [5.74, 6) is -0.161. The molecule has 0 aliphatic rings. The van der Waals surface area contributed by atoms with E-state index in [1.54, 1.807) is 54.6 Å². The van der Waals surface area contributed by atoms with E-state index in [4.69, 9.17) is 10.5 Å². The summed E-state index contributed by atoms with van der Waals surface area (Å²) in [6.07, 6.45) is 3.14. The lowest BCUT2D eigenvalue weighted by atomic mass is 10.1. The van der Waals surface area contributed by atoms with Crippen molar-refractivity contribution in [2.75, 3.05) is 0 Å². The Morgan fingerprint density at radius 3 is 2.30 bits per heavy atom. The molecule has 0 bridgehead atoms.